The highest BCUT2D eigenvalue weighted by Crippen LogP contribution is 1.96. The number of nitrogens with two attached hydrogens (primary N) is 1. The van der Waals surface area contributed by atoms with Crippen LogP contribution in [0.4, 0.5) is 0 Å². The topological polar surface area (TPSA) is 102 Å². The van der Waals surface area contributed by atoms with Gasteiger partial charge in [0.2, 0.25) is 15.9 Å². The first-order chi connectivity index (χ1) is 7.44. The maximum atomic E-state index is 11.4. The highest BCUT2D eigenvalue weighted by Gasteiger charge is 2.19. The molecule has 1 amide bonds. The van der Waals surface area contributed by atoms with E-state index in [1.165, 1.54) is 14.2 Å². The lowest BCUT2D eigenvalue weighted by atomic mass is 10.5. The number of carbonyl (C=O) groups excluding carboxylic acids is 1. The zero-order valence-corrected chi connectivity index (χ0v) is 10.4. The van der Waals surface area contributed by atoms with Crippen LogP contribution >= 0.6 is 0 Å². The van der Waals surface area contributed by atoms with Crippen molar-refractivity contribution in [3.63, 3.8) is 0 Å². The second-order valence-corrected chi connectivity index (χ2v) is 5.40. The van der Waals surface area contributed by atoms with E-state index in [2.05, 4.69) is 5.32 Å². The van der Waals surface area contributed by atoms with Gasteiger partial charge in [-0.15, -0.1) is 0 Å². The van der Waals surface area contributed by atoms with Gasteiger partial charge in [-0.05, 0) is 0 Å². The molecule has 0 aliphatic rings. The zero-order valence-electron chi connectivity index (χ0n) is 9.60. The van der Waals surface area contributed by atoms with Crippen molar-refractivity contribution in [1.29, 1.82) is 0 Å². The molecule has 0 radical (unpaired) electrons. The lowest BCUT2D eigenvalue weighted by molar-refractivity contribution is -0.121. The summed E-state index contributed by atoms with van der Waals surface area (Å²) in [5.41, 5.74) is 5.16. The Balaban J connectivity index is 4.04. The van der Waals surface area contributed by atoms with Crippen LogP contribution in [-0.2, 0) is 19.6 Å². The Bertz CT molecular complexity index is 304. The van der Waals surface area contributed by atoms with Gasteiger partial charge < -0.3 is 15.8 Å². The largest absolute Gasteiger partial charge is 0.383 e. The summed E-state index contributed by atoms with van der Waals surface area (Å²) < 4.78 is 28.6. The van der Waals surface area contributed by atoms with Gasteiger partial charge in [0.15, 0.2) is 0 Å². The fraction of sp³-hybridized carbons (Fsp3) is 0.875. The second-order valence-electron chi connectivity index (χ2n) is 3.20. The molecule has 0 saturated heterocycles. The summed E-state index contributed by atoms with van der Waals surface area (Å²) in [6.45, 7) is 0.592. The number of likely N-dealkylation sites (N-methyl/N-ethyl adjacent to an activating group) is 1. The fourth-order valence-electron chi connectivity index (χ4n) is 0.954. The molecule has 0 unspecified atom stereocenters. The first kappa shape index (κ1) is 15.3. The number of nitrogens with one attached hydrogen (secondary N) is 1. The molecular formula is C8H19N3O4S. The number of rotatable bonds is 8. The first-order valence-corrected chi connectivity index (χ1v) is 6.44. The highest BCUT2D eigenvalue weighted by molar-refractivity contribution is 7.89. The van der Waals surface area contributed by atoms with Crippen LogP contribution in [0.2, 0.25) is 0 Å². The van der Waals surface area contributed by atoms with Crippen molar-refractivity contribution in [2.24, 2.45) is 5.73 Å². The molecule has 0 bridgehead atoms. The van der Waals surface area contributed by atoms with Gasteiger partial charge in [0.1, 0.15) is 0 Å². The molecule has 0 aromatic carbocycles. The number of amides is 1. The fourth-order valence-corrected chi connectivity index (χ4v) is 1.88. The van der Waals surface area contributed by atoms with E-state index < -0.39 is 10.0 Å². The minimum absolute atomic E-state index is 0.0396. The summed E-state index contributed by atoms with van der Waals surface area (Å²) in [4.78, 5) is 11.3. The van der Waals surface area contributed by atoms with Crippen molar-refractivity contribution in [3.8, 4) is 0 Å². The average molecular weight is 253 g/mol. The molecule has 7 nitrogen and oxygen atoms in total. The smallest absolute Gasteiger partial charge is 0.235 e. The summed E-state index contributed by atoms with van der Waals surface area (Å²) >= 11 is 0. The van der Waals surface area contributed by atoms with Crippen LogP contribution in [-0.4, -0.2) is 64.8 Å². The molecule has 8 heteroatoms. The van der Waals surface area contributed by atoms with Crippen LogP contribution in [0.1, 0.15) is 0 Å². The Morgan fingerprint density at radius 3 is 2.62 bits per heavy atom. The molecule has 96 valence electrons. The maximum Gasteiger partial charge on any atom is 0.235 e. The van der Waals surface area contributed by atoms with Crippen molar-refractivity contribution < 1.29 is 17.9 Å². The Morgan fingerprint density at radius 2 is 2.12 bits per heavy atom. The summed E-state index contributed by atoms with van der Waals surface area (Å²) in [5, 5.41) is 2.53. The number of hydrogen-bond acceptors (Lipinski definition) is 5. The van der Waals surface area contributed by atoms with Gasteiger partial charge in [-0.3, -0.25) is 4.79 Å². The molecule has 0 atom stereocenters. The van der Waals surface area contributed by atoms with Gasteiger partial charge in [0, 0.05) is 27.2 Å². The molecule has 0 rings (SSSR count). The Morgan fingerprint density at radius 1 is 1.50 bits per heavy atom. The van der Waals surface area contributed by atoms with Crippen LogP contribution in [0.3, 0.4) is 0 Å². The SMILES string of the molecule is COCCNC(=O)CN(C)S(=O)(=O)CCN. The normalized spacial score (nSPS) is 11.8. The molecule has 0 aromatic rings. The summed E-state index contributed by atoms with van der Waals surface area (Å²) in [7, 11) is -0.554. The number of sulfonamides is 1. The molecule has 0 saturated carbocycles. The third kappa shape index (κ3) is 6.01. The van der Waals surface area contributed by atoms with Crippen LogP contribution in [0.5, 0.6) is 0 Å². The monoisotopic (exact) mass is 253 g/mol. The molecule has 0 spiro atoms. The van der Waals surface area contributed by atoms with Crippen molar-refractivity contribution in [1.82, 2.24) is 9.62 Å². The molecule has 3 N–H and O–H groups in total. The molecule has 0 fully saturated rings. The third-order valence-corrected chi connectivity index (χ3v) is 3.68. The van der Waals surface area contributed by atoms with E-state index >= 15 is 0 Å². The van der Waals surface area contributed by atoms with E-state index in [-0.39, 0.29) is 24.7 Å². The van der Waals surface area contributed by atoms with E-state index in [0.29, 0.717) is 13.2 Å². The highest BCUT2D eigenvalue weighted by atomic mass is 32.2. The van der Waals surface area contributed by atoms with Crippen LogP contribution in [0.15, 0.2) is 0 Å². The van der Waals surface area contributed by atoms with E-state index in [4.69, 9.17) is 10.5 Å². The first-order valence-electron chi connectivity index (χ1n) is 4.83. The average Bonchev–Trinajstić information content (AvgIpc) is 2.17. The minimum atomic E-state index is -3.42. The van der Waals surface area contributed by atoms with Gasteiger partial charge in [-0.1, -0.05) is 0 Å². The van der Waals surface area contributed by atoms with Gasteiger partial charge >= 0.3 is 0 Å². The van der Waals surface area contributed by atoms with Gasteiger partial charge in [-0.2, -0.15) is 4.31 Å². The number of hydrogen-bond donors (Lipinski definition) is 2. The number of ether oxygens (including phenoxy) is 1. The van der Waals surface area contributed by atoms with E-state index in [9.17, 15) is 13.2 Å². The number of carbonyl (C=O) groups is 1. The predicted octanol–water partition coefficient (Wildman–Crippen LogP) is -2.03. The Hall–Kier alpha value is -0.700. The van der Waals surface area contributed by atoms with Gasteiger partial charge in [-0.25, -0.2) is 8.42 Å². The molecule has 16 heavy (non-hydrogen) atoms. The van der Waals surface area contributed by atoms with Crippen molar-refractivity contribution in [3.05, 3.63) is 0 Å². The van der Waals surface area contributed by atoms with Crippen LogP contribution in [0.25, 0.3) is 0 Å². The molecular weight excluding hydrogens is 234 g/mol. The molecule has 0 aliphatic carbocycles. The van der Waals surface area contributed by atoms with Crippen LogP contribution < -0.4 is 11.1 Å². The maximum absolute atomic E-state index is 11.4. The third-order valence-electron chi connectivity index (χ3n) is 1.85. The number of methoxy groups -OCH3 is 1. The van der Waals surface area contributed by atoms with Crippen molar-refractivity contribution >= 4 is 15.9 Å². The Kier molecular flexibility index (Phi) is 7.22. The zero-order chi connectivity index (χ0) is 12.6. The lowest BCUT2D eigenvalue weighted by Crippen LogP contribution is -2.41. The molecule has 0 aromatic heterocycles. The predicted molar refractivity (Wildman–Crippen MR) is 60.4 cm³/mol. The minimum Gasteiger partial charge on any atom is -0.383 e. The molecule has 0 aliphatic heterocycles. The van der Waals surface area contributed by atoms with Gasteiger partial charge in [0.05, 0.1) is 18.9 Å². The standard InChI is InChI=1S/C8H19N3O4S/c1-11(16(13,14)6-3-9)7-8(12)10-4-5-15-2/h3-7,9H2,1-2H3,(H,10,12). The summed E-state index contributed by atoms with van der Waals surface area (Å²) in [6.07, 6.45) is 0. The summed E-state index contributed by atoms with van der Waals surface area (Å²) in [6, 6.07) is 0. The molecule has 0 heterocycles. The summed E-state index contributed by atoms with van der Waals surface area (Å²) in [5.74, 6) is -0.519. The lowest BCUT2D eigenvalue weighted by Gasteiger charge is -2.16. The Labute approximate surface area is 96.0 Å². The van der Waals surface area contributed by atoms with Crippen LogP contribution in [0, 0.1) is 0 Å². The van der Waals surface area contributed by atoms with E-state index in [1.807, 2.05) is 0 Å². The number of nitrogens with zero attached hydrogens (tertiary/aromatic N) is 1. The van der Waals surface area contributed by atoms with E-state index in [1.54, 1.807) is 0 Å². The van der Waals surface area contributed by atoms with Crippen molar-refractivity contribution in [2.45, 2.75) is 0 Å². The van der Waals surface area contributed by atoms with Crippen molar-refractivity contribution in [2.75, 3.05) is 46.2 Å². The quantitative estimate of drug-likeness (QED) is 0.486. The van der Waals surface area contributed by atoms with Gasteiger partial charge in [0.25, 0.3) is 0 Å². The van der Waals surface area contributed by atoms with E-state index in [0.717, 1.165) is 4.31 Å². The second kappa shape index (κ2) is 7.55.